The summed E-state index contributed by atoms with van der Waals surface area (Å²) in [6.07, 6.45) is 0.717. The van der Waals surface area contributed by atoms with Crippen molar-refractivity contribution >= 4 is 5.91 Å². The van der Waals surface area contributed by atoms with Gasteiger partial charge in [0.2, 0.25) is 5.91 Å². The van der Waals surface area contributed by atoms with Crippen molar-refractivity contribution in [2.24, 2.45) is 0 Å². The maximum atomic E-state index is 13.7. The van der Waals surface area contributed by atoms with Gasteiger partial charge < -0.3 is 14.8 Å². The molecule has 1 N–H and O–H groups in total. The molecule has 0 unspecified atom stereocenters. The smallest absolute Gasteiger partial charge is 0.225 e. The second-order valence-corrected chi connectivity index (χ2v) is 5.41. The Bertz CT molecular complexity index is 703. The molecule has 0 spiro atoms. The monoisotopic (exact) mass is 331 g/mol. The minimum atomic E-state index is -0.369. The molecule has 0 aromatic heterocycles. The van der Waals surface area contributed by atoms with E-state index in [0.29, 0.717) is 23.5 Å². The molecule has 128 valence electrons. The lowest BCUT2D eigenvalue weighted by Crippen LogP contribution is -2.29. The highest BCUT2D eigenvalue weighted by Crippen LogP contribution is 2.30. The van der Waals surface area contributed by atoms with Gasteiger partial charge in [-0.1, -0.05) is 31.2 Å². The van der Waals surface area contributed by atoms with Gasteiger partial charge in [0.05, 0.1) is 26.7 Å². The van der Waals surface area contributed by atoms with E-state index < -0.39 is 0 Å². The van der Waals surface area contributed by atoms with Crippen LogP contribution in [0.2, 0.25) is 0 Å². The van der Waals surface area contributed by atoms with Crippen LogP contribution in [0.1, 0.15) is 30.5 Å². The maximum absolute atomic E-state index is 13.7. The van der Waals surface area contributed by atoms with Crippen LogP contribution in [-0.2, 0) is 11.2 Å². The number of amides is 1. The summed E-state index contributed by atoms with van der Waals surface area (Å²) in [6, 6.07) is 11.7. The largest absolute Gasteiger partial charge is 0.493 e. The van der Waals surface area contributed by atoms with Crippen LogP contribution < -0.4 is 14.8 Å². The fourth-order valence-electron chi connectivity index (χ4n) is 2.55. The average Bonchev–Trinajstić information content (AvgIpc) is 2.61. The Morgan fingerprint density at radius 3 is 2.46 bits per heavy atom. The zero-order chi connectivity index (χ0) is 17.5. The van der Waals surface area contributed by atoms with Crippen molar-refractivity contribution in [3.8, 4) is 11.5 Å². The topological polar surface area (TPSA) is 47.6 Å². The minimum absolute atomic E-state index is 0.0104. The molecule has 2 aromatic carbocycles. The van der Waals surface area contributed by atoms with Gasteiger partial charge in [-0.2, -0.15) is 0 Å². The zero-order valence-electron chi connectivity index (χ0n) is 14.1. The molecule has 5 heteroatoms. The van der Waals surface area contributed by atoms with E-state index in [1.807, 2.05) is 19.1 Å². The molecule has 0 aliphatic carbocycles. The molecule has 4 nitrogen and oxygen atoms in total. The number of methoxy groups -OCH3 is 2. The van der Waals surface area contributed by atoms with Crippen molar-refractivity contribution in [2.75, 3.05) is 14.2 Å². The van der Waals surface area contributed by atoms with Crippen molar-refractivity contribution in [3.05, 3.63) is 59.4 Å². The van der Waals surface area contributed by atoms with Crippen LogP contribution in [-0.4, -0.2) is 20.1 Å². The molecule has 0 radical (unpaired) electrons. The Balaban J connectivity index is 2.11. The van der Waals surface area contributed by atoms with Gasteiger partial charge in [-0.25, -0.2) is 4.39 Å². The third kappa shape index (κ3) is 4.25. The number of halogens is 1. The highest BCUT2D eigenvalue weighted by molar-refractivity contribution is 5.79. The van der Waals surface area contributed by atoms with Gasteiger partial charge in [0.25, 0.3) is 0 Å². The summed E-state index contributed by atoms with van der Waals surface area (Å²) in [7, 11) is 3.14. The van der Waals surface area contributed by atoms with Crippen molar-refractivity contribution in [2.45, 2.75) is 25.8 Å². The third-order valence-electron chi connectivity index (χ3n) is 3.86. The van der Waals surface area contributed by atoms with Gasteiger partial charge in [0.15, 0.2) is 11.5 Å². The van der Waals surface area contributed by atoms with E-state index in [4.69, 9.17) is 9.47 Å². The Labute approximate surface area is 141 Å². The van der Waals surface area contributed by atoms with Gasteiger partial charge in [0, 0.05) is 0 Å². The van der Waals surface area contributed by atoms with Gasteiger partial charge >= 0.3 is 0 Å². The van der Waals surface area contributed by atoms with E-state index in [1.165, 1.54) is 6.07 Å². The standard InChI is InChI=1S/C19H22FNO3/c1-4-16(14-9-10-17(23-2)18(11-14)24-3)21-19(22)12-13-7-5-6-8-15(13)20/h5-11,16H,4,12H2,1-3H3,(H,21,22)/t16-/m0/s1. The molecule has 0 saturated heterocycles. The van der Waals surface area contributed by atoms with Gasteiger partial charge in [-0.3, -0.25) is 4.79 Å². The first kappa shape index (κ1) is 17.8. The number of hydrogen-bond acceptors (Lipinski definition) is 3. The molecule has 0 aliphatic heterocycles. The van der Waals surface area contributed by atoms with Gasteiger partial charge in [0.1, 0.15) is 5.82 Å². The molecule has 0 bridgehead atoms. The van der Waals surface area contributed by atoms with Crippen molar-refractivity contribution in [1.82, 2.24) is 5.32 Å². The molecular weight excluding hydrogens is 309 g/mol. The van der Waals surface area contributed by atoms with E-state index >= 15 is 0 Å². The van der Waals surface area contributed by atoms with E-state index in [1.54, 1.807) is 38.5 Å². The minimum Gasteiger partial charge on any atom is -0.493 e. The van der Waals surface area contributed by atoms with Crippen LogP contribution in [0.3, 0.4) is 0 Å². The fraction of sp³-hybridized carbons (Fsp3) is 0.316. The van der Waals surface area contributed by atoms with Crippen LogP contribution in [0.15, 0.2) is 42.5 Å². The van der Waals surface area contributed by atoms with Gasteiger partial charge in [-0.15, -0.1) is 0 Å². The molecule has 1 amide bonds. The summed E-state index contributed by atoms with van der Waals surface area (Å²) in [5.74, 6) is 0.652. The highest BCUT2D eigenvalue weighted by atomic mass is 19.1. The number of ether oxygens (including phenoxy) is 2. The van der Waals surface area contributed by atoms with Crippen LogP contribution in [0.25, 0.3) is 0 Å². The van der Waals surface area contributed by atoms with E-state index in [-0.39, 0.29) is 24.2 Å². The molecule has 0 fully saturated rings. The predicted octanol–water partition coefficient (Wildman–Crippen LogP) is 3.65. The lowest BCUT2D eigenvalue weighted by molar-refractivity contribution is -0.121. The molecule has 2 rings (SSSR count). The molecule has 0 saturated carbocycles. The number of carbonyl (C=O) groups excluding carboxylic acids is 1. The van der Waals surface area contributed by atoms with Crippen molar-refractivity contribution < 1.29 is 18.7 Å². The number of hydrogen-bond donors (Lipinski definition) is 1. The molecule has 0 aliphatic rings. The lowest BCUT2D eigenvalue weighted by Gasteiger charge is -2.19. The van der Waals surface area contributed by atoms with Crippen LogP contribution in [0, 0.1) is 5.82 Å². The SMILES string of the molecule is CC[C@H](NC(=O)Cc1ccccc1F)c1ccc(OC)c(OC)c1. The summed E-state index contributed by atoms with van der Waals surface area (Å²) in [5.41, 5.74) is 1.30. The van der Waals surface area contributed by atoms with Crippen LogP contribution >= 0.6 is 0 Å². The summed E-state index contributed by atoms with van der Waals surface area (Å²) >= 11 is 0. The average molecular weight is 331 g/mol. The van der Waals surface area contributed by atoms with Crippen molar-refractivity contribution in [3.63, 3.8) is 0 Å². The number of nitrogens with one attached hydrogen (secondary N) is 1. The normalized spacial score (nSPS) is 11.7. The maximum Gasteiger partial charge on any atom is 0.225 e. The summed E-state index contributed by atoms with van der Waals surface area (Å²) in [4.78, 5) is 12.3. The number of benzene rings is 2. The molecule has 2 aromatic rings. The Kier molecular flexibility index (Phi) is 6.18. The first-order valence-corrected chi connectivity index (χ1v) is 7.83. The lowest BCUT2D eigenvalue weighted by atomic mass is 10.0. The highest BCUT2D eigenvalue weighted by Gasteiger charge is 2.16. The molecule has 24 heavy (non-hydrogen) atoms. The quantitative estimate of drug-likeness (QED) is 0.842. The second kappa shape index (κ2) is 8.34. The number of carbonyl (C=O) groups is 1. The number of rotatable bonds is 7. The molecule has 0 heterocycles. The zero-order valence-corrected chi connectivity index (χ0v) is 14.1. The molecule has 1 atom stereocenters. The Morgan fingerprint density at radius 2 is 1.83 bits per heavy atom. The Morgan fingerprint density at radius 1 is 1.12 bits per heavy atom. The van der Waals surface area contributed by atoms with E-state index in [2.05, 4.69) is 5.32 Å². The third-order valence-corrected chi connectivity index (χ3v) is 3.86. The van der Waals surface area contributed by atoms with Crippen LogP contribution in [0.5, 0.6) is 11.5 Å². The first-order valence-electron chi connectivity index (χ1n) is 7.83. The fourth-order valence-corrected chi connectivity index (χ4v) is 2.55. The van der Waals surface area contributed by atoms with E-state index in [0.717, 1.165) is 5.56 Å². The van der Waals surface area contributed by atoms with Crippen LogP contribution in [0.4, 0.5) is 4.39 Å². The molecular formula is C19H22FNO3. The Hall–Kier alpha value is -2.56. The van der Waals surface area contributed by atoms with Crippen molar-refractivity contribution in [1.29, 1.82) is 0 Å². The second-order valence-electron chi connectivity index (χ2n) is 5.41. The van der Waals surface area contributed by atoms with E-state index in [9.17, 15) is 9.18 Å². The first-order chi connectivity index (χ1) is 11.6. The predicted molar refractivity (Wildman–Crippen MR) is 90.8 cm³/mol. The summed E-state index contributed by atoms with van der Waals surface area (Å²) < 4.78 is 24.2. The summed E-state index contributed by atoms with van der Waals surface area (Å²) in [5, 5.41) is 2.95. The van der Waals surface area contributed by atoms with Gasteiger partial charge in [-0.05, 0) is 35.7 Å². The summed E-state index contributed by atoms with van der Waals surface area (Å²) in [6.45, 7) is 1.98.